The topological polar surface area (TPSA) is 45.8 Å². The number of benzene rings is 4. The first-order chi connectivity index (χ1) is 32.0. The molecule has 0 bridgehead atoms. The van der Waals surface area contributed by atoms with Crippen LogP contribution in [0.4, 0.5) is 22.0 Å². The van der Waals surface area contributed by atoms with E-state index in [4.69, 9.17) is 11.6 Å². The lowest BCUT2D eigenvalue weighted by Crippen LogP contribution is -2.08. The van der Waals surface area contributed by atoms with Gasteiger partial charge in [-0.05, 0) is 176 Å². The van der Waals surface area contributed by atoms with Crippen molar-refractivity contribution in [2.75, 3.05) is 0 Å². The first-order valence-corrected chi connectivity index (χ1v) is 24.4. The van der Waals surface area contributed by atoms with Gasteiger partial charge in [0.05, 0.1) is 5.56 Å². The highest BCUT2D eigenvalue weighted by Crippen LogP contribution is 2.33. The molecule has 2 aromatic heterocycles. The van der Waals surface area contributed by atoms with Gasteiger partial charge in [0.25, 0.3) is 0 Å². The van der Waals surface area contributed by atoms with Crippen LogP contribution in [0.25, 0.3) is 0 Å². The molecule has 0 aliphatic heterocycles. The number of aryl methyl sites for hydroxylation is 5. The van der Waals surface area contributed by atoms with Gasteiger partial charge in [-0.2, -0.15) is 13.2 Å². The van der Waals surface area contributed by atoms with Crippen molar-refractivity contribution in [3.8, 4) is 0 Å². The second kappa shape index (κ2) is 33.5. The molecule has 0 radical (unpaired) electrons. The molecule has 6 aromatic rings. The summed E-state index contributed by atoms with van der Waals surface area (Å²) in [5.41, 5.74) is 10.1. The molecule has 9 heteroatoms. The molecule has 0 spiro atoms. The maximum Gasteiger partial charge on any atom is 0.416 e. The number of H-pyrrole nitrogens is 1. The molecule has 6 rings (SSSR count). The Morgan fingerprint density at radius 2 is 1.04 bits per heavy atom. The first kappa shape index (κ1) is 68.0. The Balaban J connectivity index is 0. The minimum absolute atomic E-state index is 0. The van der Waals surface area contributed by atoms with E-state index in [2.05, 4.69) is 89.6 Å². The largest absolute Gasteiger partial charge is 0.416 e. The fourth-order valence-corrected chi connectivity index (χ4v) is 6.87. The van der Waals surface area contributed by atoms with Crippen LogP contribution in [0.5, 0.6) is 0 Å². The fraction of sp³-hybridized carbons (Fsp3) is 0.452. The number of aromatic nitrogens is 2. The van der Waals surface area contributed by atoms with Crippen molar-refractivity contribution >= 4 is 11.6 Å². The summed E-state index contributed by atoms with van der Waals surface area (Å²) in [6, 6.07) is 31.0. The van der Waals surface area contributed by atoms with E-state index in [1.807, 2.05) is 91.1 Å². The summed E-state index contributed by atoms with van der Waals surface area (Å²) in [5.74, 6) is 2.55. The van der Waals surface area contributed by atoms with Gasteiger partial charge in [0.2, 0.25) is 5.56 Å². The normalized spacial score (nSPS) is 10.6. The van der Waals surface area contributed by atoms with Crippen molar-refractivity contribution in [2.45, 2.75) is 175 Å². The molecular formula is C62H88ClF5N2O. The van der Waals surface area contributed by atoms with Crippen molar-refractivity contribution in [1.29, 1.82) is 0 Å². The Bertz CT molecular complexity index is 2430. The minimum atomic E-state index is -4.24. The average Bonchev–Trinajstić information content (AvgIpc) is 3.24. The molecule has 0 aliphatic carbocycles. The first-order valence-electron chi connectivity index (χ1n) is 24.1. The molecule has 0 fully saturated rings. The maximum atomic E-state index is 13.0. The highest BCUT2D eigenvalue weighted by molar-refractivity contribution is 6.31. The third-order valence-corrected chi connectivity index (χ3v) is 11.2. The van der Waals surface area contributed by atoms with E-state index in [-0.39, 0.29) is 49.4 Å². The van der Waals surface area contributed by atoms with E-state index in [1.165, 1.54) is 41.8 Å². The number of alkyl halides is 3. The summed E-state index contributed by atoms with van der Waals surface area (Å²) in [6.07, 6.45) is -0.283. The van der Waals surface area contributed by atoms with Gasteiger partial charge in [-0.15, -0.1) is 0 Å². The third-order valence-electron chi connectivity index (χ3n) is 10.8. The Labute approximate surface area is 432 Å². The van der Waals surface area contributed by atoms with Gasteiger partial charge in [-0.3, -0.25) is 9.78 Å². The smallest absolute Gasteiger partial charge is 0.327 e. The molecule has 71 heavy (non-hydrogen) atoms. The lowest BCUT2D eigenvalue weighted by atomic mass is 9.98. The van der Waals surface area contributed by atoms with Crippen molar-refractivity contribution in [1.82, 2.24) is 9.97 Å². The van der Waals surface area contributed by atoms with E-state index in [1.54, 1.807) is 31.2 Å². The van der Waals surface area contributed by atoms with E-state index in [0.29, 0.717) is 23.7 Å². The SMILES string of the molecule is C.C.CC(C)c1ccccc1F.Cc1cc(C(C)C)cc(=O)[nH]1.Cc1cc(C(C)C)ccn1.Cc1cc(CC(C)C)ccc1Cl.Cc1ccc(C(C)C)cc1C(F)(F)F.Cc1ccc(CC(C)C)cc1F. The minimum Gasteiger partial charge on any atom is -0.327 e. The molecule has 2 heterocycles. The van der Waals surface area contributed by atoms with Crippen LogP contribution in [0, 0.1) is 58.1 Å². The van der Waals surface area contributed by atoms with Gasteiger partial charge in [0.15, 0.2) is 0 Å². The summed E-state index contributed by atoms with van der Waals surface area (Å²) < 4.78 is 63.3. The van der Waals surface area contributed by atoms with E-state index in [0.717, 1.165) is 57.1 Å². The number of nitrogens with one attached hydrogen (secondary N) is 1. The lowest BCUT2D eigenvalue weighted by molar-refractivity contribution is -0.138. The van der Waals surface area contributed by atoms with Gasteiger partial charge >= 0.3 is 6.18 Å². The number of halogens is 6. The van der Waals surface area contributed by atoms with Crippen LogP contribution in [0.15, 0.2) is 114 Å². The van der Waals surface area contributed by atoms with Crippen LogP contribution in [-0.4, -0.2) is 9.97 Å². The van der Waals surface area contributed by atoms with Crippen LogP contribution < -0.4 is 5.56 Å². The Kier molecular flexibility index (Phi) is 32.1. The molecule has 0 saturated carbocycles. The number of nitrogens with zero attached hydrogens (tertiary/aromatic N) is 1. The second-order valence-electron chi connectivity index (χ2n) is 19.8. The molecule has 0 aliphatic rings. The van der Waals surface area contributed by atoms with Gasteiger partial charge < -0.3 is 4.98 Å². The lowest BCUT2D eigenvalue weighted by Gasteiger charge is -2.13. The Hall–Kier alpha value is -5.08. The molecule has 0 amide bonds. The van der Waals surface area contributed by atoms with Gasteiger partial charge in [-0.1, -0.05) is 164 Å². The van der Waals surface area contributed by atoms with Crippen LogP contribution >= 0.6 is 11.6 Å². The molecular weight excluding hydrogens is 919 g/mol. The summed E-state index contributed by atoms with van der Waals surface area (Å²) in [7, 11) is 0. The fourth-order valence-electron chi connectivity index (χ4n) is 6.76. The zero-order chi connectivity index (χ0) is 52.8. The summed E-state index contributed by atoms with van der Waals surface area (Å²) in [4.78, 5) is 17.8. The Morgan fingerprint density at radius 3 is 1.46 bits per heavy atom. The second-order valence-corrected chi connectivity index (χ2v) is 20.2. The molecule has 0 atom stereocenters. The van der Waals surface area contributed by atoms with Gasteiger partial charge in [0, 0.05) is 28.7 Å². The highest BCUT2D eigenvalue weighted by Gasteiger charge is 2.32. The van der Waals surface area contributed by atoms with Crippen LogP contribution in [0.1, 0.15) is 189 Å². The highest BCUT2D eigenvalue weighted by atomic mass is 35.5. The van der Waals surface area contributed by atoms with Crippen molar-refractivity contribution in [2.24, 2.45) is 11.8 Å². The van der Waals surface area contributed by atoms with Gasteiger partial charge in [-0.25, -0.2) is 8.78 Å². The summed E-state index contributed by atoms with van der Waals surface area (Å²) >= 11 is 5.92. The number of hydrogen-bond acceptors (Lipinski definition) is 2. The third kappa shape index (κ3) is 27.4. The van der Waals surface area contributed by atoms with Crippen LogP contribution in [0.3, 0.4) is 0 Å². The van der Waals surface area contributed by atoms with Crippen LogP contribution in [-0.2, 0) is 19.0 Å². The van der Waals surface area contributed by atoms with Crippen LogP contribution in [0.2, 0.25) is 5.02 Å². The molecule has 0 unspecified atom stereocenters. The molecule has 0 saturated heterocycles. The Morgan fingerprint density at radius 1 is 0.535 bits per heavy atom. The molecule has 4 aromatic carbocycles. The van der Waals surface area contributed by atoms with E-state index >= 15 is 0 Å². The summed E-state index contributed by atoms with van der Waals surface area (Å²) in [6.45, 7) is 34.2. The van der Waals surface area contributed by atoms with Crippen molar-refractivity contribution < 1.29 is 22.0 Å². The van der Waals surface area contributed by atoms with Crippen molar-refractivity contribution in [3.63, 3.8) is 0 Å². The standard InChI is InChI=1S/C11H15Cl.C11H13F3.C11H15F.C9H11F.C9H13NO.C9H13N.2CH4/c1-8(2)6-10-4-5-11(12)9(3)7-10;1-7(2)9-5-4-8(3)10(6-9)11(12,13)14;1-8(2)6-10-5-4-9(3)11(12)7-10;1-7(2)8-5-3-4-6-9(8)10;1-6(2)8-4-7(3)10-9(11)5-8;1-7(2)9-4-5-10-8(3)6-9;;/h4-5,7-8H,6H2,1-3H3;4-7H,1-3H3;4-5,7-8H,6H2,1-3H3;3-7H,1-2H3;4-6H,1-3H3,(H,10,11);4-7H,1-3H3;2*1H4. The average molecular weight is 1010 g/mol. The molecule has 394 valence electrons. The zero-order valence-corrected chi connectivity index (χ0v) is 45.1. The van der Waals surface area contributed by atoms with E-state index in [9.17, 15) is 26.7 Å². The zero-order valence-electron chi connectivity index (χ0n) is 44.4. The molecule has 3 nitrogen and oxygen atoms in total. The monoisotopic (exact) mass is 1010 g/mol. The number of hydrogen-bond donors (Lipinski definition) is 1. The van der Waals surface area contributed by atoms with Crippen molar-refractivity contribution in [3.05, 3.63) is 203 Å². The molecule has 1 N–H and O–H groups in total. The number of pyridine rings is 2. The number of aromatic amines is 1. The predicted molar refractivity (Wildman–Crippen MR) is 298 cm³/mol. The van der Waals surface area contributed by atoms with E-state index < -0.39 is 11.7 Å². The number of rotatable bonds is 8. The predicted octanol–water partition coefficient (Wildman–Crippen LogP) is 19.9. The quantitative estimate of drug-likeness (QED) is 0.154. The van der Waals surface area contributed by atoms with Gasteiger partial charge in [0.1, 0.15) is 11.6 Å². The maximum absolute atomic E-state index is 13.0. The summed E-state index contributed by atoms with van der Waals surface area (Å²) in [5, 5.41) is 0.863.